The van der Waals surface area contributed by atoms with E-state index in [2.05, 4.69) is 0 Å². The van der Waals surface area contributed by atoms with Crippen LogP contribution in [0.3, 0.4) is 0 Å². The van der Waals surface area contributed by atoms with Crippen molar-refractivity contribution in [2.45, 2.75) is 12.8 Å². The lowest BCUT2D eigenvalue weighted by Crippen LogP contribution is -2.22. The summed E-state index contributed by atoms with van der Waals surface area (Å²) in [5.74, 6) is 1.28. The first-order chi connectivity index (χ1) is 9.05. The van der Waals surface area contributed by atoms with Gasteiger partial charge in [-0.25, -0.2) is 8.42 Å². The number of hydrogen-bond acceptors (Lipinski definition) is 4. The molecule has 2 atom stereocenters. The van der Waals surface area contributed by atoms with E-state index in [9.17, 15) is 13.5 Å². The van der Waals surface area contributed by atoms with Gasteiger partial charge in [0.15, 0.2) is 9.84 Å². The first-order valence-electron chi connectivity index (χ1n) is 6.49. The molecule has 4 nitrogen and oxygen atoms in total. The fourth-order valence-electron chi connectivity index (χ4n) is 2.73. The minimum Gasteiger partial charge on any atom is -0.496 e. The van der Waals surface area contributed by atoms with Gasteiger partial charge in [-0.05, 0) is 36.3 Å². The minimum absolute atomic E-state index is 0.0121. The summed E-state index contributed by atoms with van der Waals surface area (Å²) in [6.45, 7) is 0.0121. The van der Waals surface area contributed by atoms with E-state index >= 15 is 0 Å². The van der Waals surface area contributed by atoms with Crippen LogP contribution in [0, 0.1) is 11.8 Å². The van der Waals surface area contributed by atoms with Gasteiger partial charge in [0.2, 0.25) is 0 Å². The quantitative estimate of drug-likeness (QED) is 0.884. The molecule has 1 aliphatic heterocycles. The van der Waals surface area contributed by atoms with Gasteiger partial charge in [-0.15, -0.1) is 0 Å². The van der Waals surface area contributed by atoms with Crippen LogP contribution in [0.1, 0.15) is 12.0 Å². The molecule has 1 aromatic carbocycles. The molecule has 19 heavy (non-hydrogen) atoms. The van der Waals surface area contributed by atoms with Crippen LogP contribution in [-0.2, 0) is 16.3 Å². The van der Waals surface area contributed by atoms with E-state index in [0.717, 1.165) is 11.3 Å². The molecule has 0 aromatic heterocycles. The SMILES string of the molecule is COc1ccccc1CC(CO)C1CCS(=O)(=O)C1. The van der Waals surface area contributed by atoms with Crippen LogP contribution in [-0.4, -0.2) is 38.7 Å². The van der Waals surface area contributed by atoms with Crippen molar-refractivity contribution in [2.24, 2.45) is 11.8 Å². The first kappa shape index (κ1) is 14.3. The predicted molar refractivity (Wildman–Crippen MR) is 74.0 cm³/mol. The molecule has 5 heteroatoms. The van der Waals surface area contributed by atoms with Gasteiger partial charge in [0.05, 0.1) is 18.6 Å². The van der Waals surface area contributed by atoms with Gasteiger partial charge in [0.1, 0.15) is 5.75 Å². The van der Waals surface area contributed by atoms with Crippen LogP contribution >= 0.6 is 0 Å². The standard InChI is InChI=1S/C14H20O4S/c1-18-14-5-3-2-4-11(14)8-13(9-15)12-6-7-19(16,17)10-12/h2-5,12-13,15H,6-10H2,1H3. The molecule has 1 heterocycles. The number of ether oxygens (including phenoxy) is 1. The molecule has 2 rings (SSSR count). The summed E-state index contributed by atoms with van der Waals surface area (Å²) < 4.78 is 28.4. The molecule has 0 saturated carbocycles. The molecule has 1 aromatic rings. The molecule has 0 spiro atoms. The number of rotatable bonds is 5. The van der Waals surface area contributed by atoms with Crippen molar-refractivity contribution >= 4 is 9.84 Å². The third-order valence-electron chi connectivity index (χ3n) is 3.84. The Bertz CT molecular complexity index is 524. The third-order valence-corrected chi connectivity index (χ3v) is 5.64. The summed E-state index contributed by atoms with van der Waals surface area (Å²) >= 11 is 0. The lowest BCUT2D eigenvalue weighted by Gasteiger charge is -2.21. The number of methoxy groups -OCH3 is 1. The van der Waals surface area contributed by atoms with E-state index < -0.39 is 9.84 Å². The largest absolute Gasteiger partial charge is 0.496 e. The lowest BCUT2D eigenvalue weighted by molar-refractivity contribution is 0.183. The highest BCUT2D eigenvalue weighted by atomic mass is 32.2. The third kappa shape index (κ3) is 3.48. The van der Waals surface area contributed by atoms with E-state index in [1.54, 1.807) is 7.11 Å². The number of aliphatic hydroxyl groups is 1. The summed E-state index contributed by atoms with van der Waals surface area (Å²) in [5.41, 5.74) is 1.02. The molecular formula is C14H20O4S. The monoisotopic (exact) mass is 284 g/mol. The van der Waals surface area contributed by atoms with Crippen LogP contribution < -0.4 is 4.74 Å². The highest BCUT2D eigenvalue weighted by Crippen LogP contribution is 2.30. The van der Waals surface area contributed by atoms with Crippen molar-refractivity contribution in [1.82, 2.24) is 0 Å². The zero-order valence-electron chi connectivity index (χ0n) is 11.1. The van der Waals surface area contributed by atoms with E-state index in [0.29, 0.717) is 12.8 Å². The van der Waals surface area contributed by atoms with Gasteiger partial charge in [0.25, 0.3) is 0 Å². The van der Waals surface area contributed by atoms with Crippen molar-refractivity contribution in [2.75, 3.05) is 25.2 Å². The summed E-state index contributed by atoms with van der Waals surface area (Å²) in [5, 5.41) is 9.55. The second-order valence-electron chi connectivity index (χ2n) is 5.12. The first-order valence-corrected chi connectivity index (χ1v) is 8.31. The van der Waals surface area contributed by atoms with Gasteiger partial charge in [-0.2, -0.15) is 0 Å². The van der Waals surface area contributed by atoms with Crippen LogP contribution in [0.15, 0.2) is 24.3 Å². The van der Waals surface area contributed by atoms with Crippen LogP contribution in [0.2, 0.25) is 0 Å². The second kappa shape index (κ2) is 5.92. The van der Waals surface area contributed by atoms with Crippen molar-refractivity contribution in [1.29, 1.82) is 0 Å². The molecule has 0 radical (unpaired) electrons. The highest BCUT2D eigenvalue weighted by molar-refractivity contribution is 7.91. The molecule has 0 bridgehead atoms. The Balaban J connectivity index is 2.11. The Labute approximate surface area is 114 Å². The summed E-state index contributed by atoms with van der Waals surface area (Å²) in [4.78, 5) is 0. The molecule has 2 unspecified atom stereocenters. The number of sulfone groups is 1. The Morgan fingerprint density at radius 1 is 1.42 bits per heavy atom. The maximum atomic E-state index is 11.5. The van der Waals surface area contributed by atoms with Crippen LogP contribution in [0.25, 0.3) is 0 Å². The topological polar surface area (TPSA) is 63.6 Å². The lowest BCUT2D eigenvalue weighted by atomic mass is 9.87. The van der Waals surface area contributed by atoms with Crippen LogP contribution in [0.4, 0.5) is 0 Å². The fraction of sp³-hybridized carbons (Fsp3) is 0.571. The van der Waals surface area contributed by atoms with E-state index in [4.69, 9.17) is 4.74 Å². The minimum atomic E-state index is -2.90. The van der Waals surface area contributed by atoms with Crippen molar-refractivity contribution < 1.29 is 18.3 Å². The molecular weight excluding hydrogens is 264 g/mol. The Hall–Kier alpha value is -1.07. The predicted octanol–water partition coefficient (Wildman–Crippen LogP) is 1.28. The van der Waals surface area contributed by atoms with Gasteiger partial charge < -0.3 is 9.84 Å². The van der Waals surface area contributed by atoms with E-state index in [1.165, 1.54) is 0 Å². The fourth-order valence-corrected chi connectivity index (χ4v) is 4.65. The number of para-hydroxylation sites is 1. The molecule has 0 amide bonds. The zero-order valence-corrected chi connectivity index (χ0v) is 11.9. The molecule has 1 aliphatic rings. The molecule has 0 aliphatic carbocycles. The van der Waals surface area contributed by atoms with E-state index in [-0.39, 0.29) is 29.9 Å². The number of aliphatic hydroxyl groups excluding tert-OH is 1. The van der Waals surface area contributed by atoms with Gasteiger partial charge in [0, 0.05) is 6.61 Å². The molecule has 106 valence electrons. The van der Waals surface area contributed by atoms with Gasteiger partial charge >= 0.3 is 0 Å². The summed E-state index contributed by atoms with van der Waals surface area (Å²) in [6, 6.07) is 7.67. The molecule has 1 fully saturated rings. The Morgan fingerprint density at radius 2 is 2.16 bits per heavy atom. The average molecular weight is 284 g/mol. The van der Waals surface area contributed by atoms with Crippen molar-refractivity contribution in [3.63, 3.8) is 0 Å². The van der Waals surface area contributed by atoms with E-state index in [1.807, 2.05) is 24.3 Å². The average Bonchev–Trinajstić information content (AvgIpc) is 2.76. The highest BCUT2D eigenvalue weighted by Gasteiger charge is 2.33. The van der Waals surface area contributed by atoms with Crippen molar-refractivity contribution in [3.05, 3.63) is 29.8 Å². The second-order valence-corrected chi connectivity index (χ2v) is 7.35. The normalized spacial score (nSPS) is 23.2. The smallest absolute Gasteiger partial charge is 0.150 e. The van der Waals surface area contributed by atoms with Crippen molar-refractivity contribution in [3.8, 4) is 5.75 Å². The van der Waals surface area contributed by atoms with Crippen LogP contribution in [0.5, 0.6) is 5.75 Å². The number of benzene rings is 1. The number of hydrogen-bond donors (Lipinski definition) is 1. The zero-order chi connectivity index (χ0) is 13.9. The van der Waals surface area contributed by atoms with Gasteiger partial charge in [-0.3, -0.25) is 0 Å². The maximum Gasteiger partial charge on any atom is 0.150 e. The van der Waals surface area contributed by atoms with Gasteiger partial charge in [-0.1, -0.05) is 18.2 Å². The molecule has 1 N–H and O–H groups in total. The Kier molecular flexibility index (Phi) is 4.47. The Morgan fingerprint density at radius 3 is 2.74 bits per heavy atom. The summed E-state index contributed by atoms with van der Waals surface area (Å²) in [6.07, 6.45) is 1.31. The maximum absolute atomic E-state index is 11.5. The summed E-state index contributed by atoms with van der Waals surface area (Å²) in [7, 11) is -1.28. The molecule has 1 saturated heterocycles.